The smallest absolute Gasteiger partial charge is 0.284 e. The summed E-state index contributed by atoms with van der Waals surface area (Å²) in [6, 6.07) is -1.70. The van der Waals surface area contributed by atoms with Gasteiger partial charge in [0.05, 0.1) is 0 Å². The Bertz CT molecular complexity index is 117. The molecule has 0 aromatic heterocycles. The predicted molar refractivity (Wildman–Crippen MR) is 17.5 cm³/mol. The average molecular weight is 222 g/mol. The van der Waals surface area contributed by atoms with Gasteiger partial charge < -0.3 is 0 Å². The molecule has 1 radical (unpaired) electrons. The normalized spacial score (nSPS) is 10.0. The third-order valence-electron chi connectivity index (χ3n) is 0.138. The fourth-order valence-electron chi connectivity index (χ4n) is 0. The molecule has 0 rings (SSSR count). The maximum Gasteiger partial charge on any atom is 0.294 e. The Balaban J connectivity index is 0. The van der Waals surface area contributed by atoms with Gasteiger partial charge in [-0.3, -0.25) is 4.55 Å². The van der Waals surface area contributed by atoms with Gasteiger partial charge in [-0.05, 0) is 0 Å². The van der Waals surface area contributed by atoms with Crippen LogP contribution in [0.2, 0.25) is 0 Å². The van der Waals surface area contributed by atoms with Gasteiger partial charge in [0.1, 0.15) is 0 Å². The standard InChI is InChI=1S/CH3FO3S.Ag/c2-1-6(3,4)5;/h1H2,(H,3,4,5);. The summed E-state index contributed by atoms with van der Waals surface area (Å²) in [5, 5.41) is 0. The van der Waals surface area contributed by atoms with Crippen LogP contribution in [0.3, 0.4) is 0 Å². The third kappa shape index (κ3) is 10.8. The summed E-state index contributed by atoms with van der Waals surface area (Å²) in [7, 11) is -4.33. The van der Waals surface area contributed by atoms with Crippen molar-refractivity contribution in [3.8, 4) is 0 Å². The molecule has 0 atom stereocenters. The molecule has 7 heavy (non-hydrogen) atoms. The number of rotatable bonds is 1. The van der Waals surface area contributed by atoms with Crippen LogP contribution in [0.25, 0.3) is 0 Å². The number of halogens is 1. The van der Waals surface area contributed by atoms with Crippen LogP contribution in [0, 0.1) is 0 Å². The molecule has 49 valence electrons. The quantitative estimate of drug-likeness (QED) is 0.493. The van der Waals surface area contributed by atoms with Crippen LogP contribution in [-0.4, -0.2) is 19.0 Å². The topological polar surface area (TPSA) is 54.4 Å². The van der Waals surface area contributed by atoms with Crippen molar-refractivity contribution in [1.82, 2.24) is 0 Å². The molecule has 0 unspecified atom stereocenters. The minimum atomic E-state index is -4.33. The molecule has 0 saturated heterocycles. The Morgan fingerprint density at radius 1 is 1.57 bits per heavy atom. The zero-order valence-corrected chi connectivity index (χ0v) is 5.36. The van der Waals surface area contributed by atoms with E-state index >= 15 is 0 Å². The van der Waals surface area contributed by atoms with Gasteiger partial charge in [0.15, 0.2) is 0 Å². The molecule has 6 heteroatoms. The zero-order valence-electron chi connectivity index (χ0n) is 3.06. The summed E-state index contributed by atoms with van der Waals surface area (Å²) in [5.74, 6) is 0. The second-order valence-corrected chi connectivity index (χ2v) is 2.07. The molecule has 0 aliphatic carbocycles. The Labute approximate surface area is 56.2 Å². The van der Waals surface area contributed by atoms with E-state index in [2.05, 4.69) is 0 Å². The Morgan fingerprint density at radius 3 is 1.71 bits per heavy atom. The van der Waals surface area contributed by atoms with Crippen molar-refractivity contribution in [3.05, 3.63) is 0 Å². The van der Waals surface area contributed by atoms with Gasteiger partial charge in [0, 0.05) is 22.4 Å². The van der Waals surface area contributed by atoms with Crippen molar-refractivity contribution in [3.63, 3.8) is 0 Å². The summed E-state index contributed by atoms with van der Waals surface area (Å²) in [5.41, 5.74) is 0. The van der Waals surface area contributed by atoms with Crippen LogP contribution in [0.4, 0.5) is 4.39 Å². The van der Waals surface area contributed by atoms with Crippen LogP contribution in [0.15, 0.2) is 0 Å². The second-order valence-electron chi connectivity index (χ2n) is 0.691. The van der Waals surface area contributed by atoms with E-state index in [1.54, 1.807) is 0 Å². The fraction of sp³-hybridized carbons (Fsp3) is 1.00. The van der Waals surface area contributed by atoms with E-state index < -0.39 is 16.1 Å². The van der Waals surface area contributed by atoms with Crippen molar-refractivity contribution in [2.75, 3.05) is 6.01 Å². The van der Waals surface area contributed by atoms with Crippen LogP contribution < -0.4 is 0 Å². The van der Waals surface area contributed by atoms with Gasteiger partial charge in [0.25, 0.3) is 10.1 Å². The first-order valence-electron chi connectivity index (χ1n) is 1.07. The van der Waals surface area contributed by atoms with Gasteiger partial charge in [0.2, 0.25) is 6.01 Å². The summed E-state index contributed by atoms with van der Waals surface area (Å²) < 4.78 is 36.4. The molecule has 0 saturated carbocycles. The zero-order chi connectivity index (χ0) is 5.21. The van der Waals surface area contributed by atoms with Crippen molar-refractivity contribution >= 4 is 10.1 Å². The second kappa shape index (κ2) is 3.57. The Hall–Kier alpha value is 0.580. The Kier molecular flexibility index (Phi) is 5.37. The molecule has 0 aromatic rings. The number of alkyl halides is 1. The first-order valence-corrected chi connectivity index (χ1v) is 2.68. The van der Waals surface area contributed by atoms with E-state index in [0.29, 0.717) is 0 Å². The van der Waals surface area contributed by atoms with Crippen LogP contribution in [0.5, 0.6) is 0 Å². The summed E-state index contributed by atoms with van der Waals surface area (Å²) in [4.78, 5) is 0. The SMILES string of the molecule is O=S(=O)(O)CF.[Ag]. The van der Waals surface area contributed by atoms with Crippen LogP contribution >= 0.6 is 0 Å². The molecule has 0 bridgehead atoms. The van der Waals surface area contributed by atoms with Gasteiger partial charge in [-0.2, -0.15) is 8.42 Å². The van der Waals surface area contributed by atoms with Crippen molar-refractivity contribution in [2.45, 2.75) is 0 Å². The molecule has 0 spiro atoms. The van der Waals surface area contributed by atoms with Gasteiger partial charge >= 0.3 is 0 Å². The first-order chi connectivity index (χ1) is 2.56. The predicted octanol–water partition coefficient (Wildman–Crippen LogP) is -0.201. The molecular weight excluding hydrogens is 219 g/mol. The molecule has 0 aliphatic heterocycles. The Morgan fingerprint density at radius 2 is 1.71 bits per heavy atom. The molecule has 3 nitrogen and oxygen atoms in total. The van der Waals surface area contributed by atoms with Gasteiger partial charge in [-0.1, -0.05) is 0 Å². The van der Waals surface area contributed by atoms with Crippen molar-refractivity contribution < 1.29 is 39.7 Å². The summed E-state index contributed by atoms with van der Waals surface area (Å²) in [6.07, 6.45) is 0. The molecule has 0 amide bonds. The minimum Gasteiger partial charge on any atom is -0.284 e. The fourth-order valence-corrected chi connectivity index (χ4v) is 0. The van der Waals surface area contributed by atoms with Crippen LogP contribution in [0.1, 0.15) is 0 Å². The van der Waals surface area contributed by atoms with Crippen LogP contribution in [-0.2, 0) is 32.5 Å². The first kappa shape index (κ1) is 10.5. The molecule has 1 N–H and O–H groups in total. The number of hydrogen-bond acceptors (Lipinski definition) is 2. The van der Waals surface area contributed by atoms with E-state index in [1.165, 1.54) is 0 Å². The van der Waals surface area contributed by atoms with E-state index in [-0.39, 0.29) is 22.4 Å². The maximum atomic E-state index is 10.7. The summed E-state index contributed by atoms with van der Waals surface area (Å²) >= 11 is 0. The average Bonchev–Trinajstić information content (AvgIpc) is 1.35. The third-order valence-corrected chi connectivity index (χ3v) is 0.414. The molecule has 0 aromatic carbocycles. The largest absolute Gasteiger partial charge is 0.294 e. The van der Waals surface area contributed by atoms with E-state index in [9.17, 15) is 12.8 Å². The summed E-state index contributed by atoms with van der Waals surface area (Å²) in [6.45, 7) is 0. The van der Waals surface area contributed by atoms with E-state index in [1.807, 2.05) is 0 Å². The van der Waals surface area contributed by atoms with Gasteiger partial charge in [-0.25, -0.2) is 4.39 Å². The number of hydrogen-bond donors (Lipinski definition) is 1. The molecule has 0 fully saturated rings. The van der Waals surface area contributed by atoms with Crippen molar-refractivity contribution in [1.29, 1.82) is 0 Å². The van der Waals surface area contributed by atoms with E-state index in [0.717, 1.165) is 0 Å². The molecule has 0 aliphatic rings. The van der Waals surface area contributed by atoms with E-state index in [4.69, 9.17) is 4.55 Å². The monoisotopic (exact) mass is 221 g/mol. The molecule has 0 heterocycles. The maximum absolute atomic E-state index is 10.7. The van der Waals surface area contributed by atoms with Crippen molar-refractivity contribution in [2.24, 2.45) is 0 Å². The minimum absolute atomic E-state index is 0. The van der Waals surface area contributed by atoms with Gasteiger partial charge in [-0.15, -0.1) is 0 Å². The molecular formula is CH3AgFO3S.